The van der Waals surface area contributed by atoms with Crippen molar-refractivity contribution in [2.24, 2.45) is 0 Å². The average molecular weight is 423 g/mol. The Morgan fingerprint density at radius 1 is 1.13 bits per heavy atom. The van der Waals surface area contributed by atoms with Crippen molar-refractivity contribution < 1.29 is 9.59 Å². The summed E-state index contributed by atoms with van der Waals surface area (Å²) >= 11 is 1.61. The highest BCUT2D eigenvalue weighted by Gasteiger charge is 2.12. The second kappa shape index (κ2) is 10.5. The number of nitrogens with one attached hydrogen (secondary N) is 1. The molecule has 0 bridgehead atoms. The number of carbonyl (C=O) groups excluding carboxylic acids is 2. The summed E-state index contributed by atoms with van der Waals surface area (Å²) in [5, 5.41) is 9.39. The molecule has 3 rings (SSSR count). The average Bonchev–Trinajstić information content (AvgIpc) is 3.42. The van der Waals surface area contributed by atoms with E-state index in [1.54, 1.807) is 22.3 Å². The Bertz CT molecular complexity index is 990. The van der Waals surface area contributed by atoms with Crippen LogP contribution in [-0.4, -0.2) is 46.1 Å². The second-order valence-electron chi connectivity index (χ2n) is 6.71. The molecular formula is C23H26N4O2S. The standard InChI is InChI=1S/C23H26N4O2S/c1-3-26(4-2)22(29)15-24-21(28)13-12-19-17-27(16-18-9-6-5-7-10-18)25-23(19)20-11-8-14-30-20/h5-14,17H,3-4,15-16H2,1-2H3,(H,24,28)/b13-12+. The van der Waals surface area contributed by atoms with Gasteiger partial charge in [-0.25, -0.2) is 0 Å². The number of carbonyl (C=O) groups is 2. The second-order valence-corrected chi connectivity index (χ2v) is 7.66. The highest BCUT2D eigenvalue weighted by Crippen LogP contribution is 2.27. The van der Waals surface area contributed by atoms with Gasteiger partial charge in [-0.2, -0.15) is 5.10 Å². The van der Waals surface area contributed by atoms with Gasteiger partial charge in [-0.15, -0.1) is 11.3 Å². The summed E-state index contributed by atoms with van der Waals surface area (Å²) in [7, 11) is 0. The lowest BCUT2D eigenvalue weighted by Gasteiger charge is -2.18. The van der Waals surface area contributed by atoms with E-state index in [0.717, 1.165) is 21.7 Å². The van der Waals surface area contributed by atoms with Gasteiger partial charge in [-0.05, 0) is 36.9 Å². The molecule has 2 heterocycles. The summed E-state index contributed by atoms with van der Waals surface area (Å²) in [6, 6.07) is 14.1. The van der Waals surface area contributed by atoms with Gasteiger partial charge in [0.25, 0.3) is 0 Å². The van der Waals surface area contributed by atoms with E-state index in [1.807, 2.05) is 60.4 Å². The minimum absolute atomic E-state index is 0.00406. The lowest BCUT2D eigenvalue weighted by atomic mass is 10.2. The Hall–Kier alpha value is -3.19. The number of thiophene rings is 1. The van der Waals surface area contributed by atoms with Crippen molar-refractivity contribution in [3.8, 4) is 10.6 Å². The van der Waals surface area contributed by atoms with Crippen LogP contribution in [0.5, 0.6) is 0 Å². The predicted octanol–water partition coefficient (Wildman–Crippen LogP) is 3.66. The van der Waals surface area contributed by atoms with Crippen molar-refractivity contribution in [2.45, 2.75) is 20.4 Å². The number of nitrogens with zero attached hydrogens (tertiary/aromatic N) is 3. The minimum Gasteiger partial charge on any atom is -0.343 e. The van der Waals surface area contributed by atoms with Crippen LogP contribution in [0.3, 0.4) is 0 Å². The van der Waals surface area contributed by atoms with Crippen molar-refractivity contribution in [1.29, 1.82) is 0 Å². The summed E-state index contributed by atoms with van der Waals surface area (Å²) in [4.78, 5) is 27.0. The van der Waals surface area contributed by atoms with Crippen molar-refractivity contribution >= 4 is 29.2 Å². The van der Waals surface area contributed by atoms with E-state index in [-0.39, 0.29) is 18.4 Å². The smallest absolute Gasteiger partial charge is 0.244 e. The number of likely N-dealkylation sites (N-methyl/N-ethyl adjacent to an activating group) is 1. The zero-order chi connectivity index (χ0) is 21.3. The number of aromatic nitrogens is 2. The molecule has 0 radical (unpaired) electrons. The molecule has 0 saturated carbocycles. The lowest BCUT2D eigenvalue weighted by Crippen LogP contribution is -2.39. The molecule has 0 atom stereocenters. The van der Waals surface area contributed by atoms with E-state index in [4.69, 9.17) is 5.10 Å². The molecule has 1 aromatic carbocycles. The predicted molar refractivity (Wildman–Crippen MR) is 121 cm³/mol. The number of amides is 2. The van der Waals surface area contributed by atoms with E-state index < -0.39 is 0 Å². The summed E-state index contributed by atoms with van der Waals surface area (Å²) in [5.41, 5.74) is 2.85. The SMILES string of the molecule is CCN(CC)C(=O)CNC(=O)/C=C/c1cn(Cc2ccccc2)nc1-c1cccs1. The fourth-order valence-corrected chi connectivity index (χ4v) is 3.82. The van der Waals surface area contributed by atoms with Crippen LogP contribution in [0.15, 0.2) is 60.1 Å². The van der Waals surface area contributed by atoms with Gasteiger partial charge in [-0.3, -0.25) is 14.3 Å². The molecule has 2 amide bonds. The third-order valence-electron chi connectivity index (χ3n) is 4.68. The van der Waals surface area contributed by atoms with E-state index >= 15 is 0 Å². The van der Waals surface area contributed by atoms with Crippen molar-refractivity contribution in [3.05, 3.63) is 71.2 Å². The van der Waals surface area contributed by atoms with Gasteiger partial charge in [0.15, 0.2) is 0 Å². The number of rotatable bonds is 9. The monoisotopic (exact) mass is 422 g/mol. The van der Waals surface area contributed by atoms with Crippen LogP contribution in [0.1, 0.15) is 25.0 Å². The molecule has 6 nitrogen and oxygen atoms in total. The molecule has 156 valence electrons. The summed E-state index contributed by atoms with van der Waals surface area (Å²) in [5.74, 6) is -0.389. The molecule has 30 heavy (non-hydrogen) atoms. The lowest BCUT2D eigenvalue weighted by molar-refractivity contribution is -0.131. The Balaban J connectivity index is 1.72. The van der Waals surface area contributed by atoms with Gasteiger partial charge in [-0.1, -0.05) is 36.4 Å². The maximum Gasteiger partial charge on any atom is 0.244 e. The van der Waals surface area contributed by atoms with Crippen LogP contribution in [0.4, 0.5) is 0 Å². The van der Waals surface area contributed by atoms with Gasteiger partial charge >= 0.3 is 0 Å². The van der Waals surface area contributed by atoms with E-state index in [1.165, 1.54) is 6.08 Å². The molecule has 0 fully saturated rings. The minimum atomic E-state index is -0.302. The van der Waals surface area contributed by atoms with Crippen molar-refractivity contribution in [2.75, 3.05) is 19.6 Å². The zero-order valence-corrected chi connectivity index (χ0v) is 18.1. The largest absolute Gasteiger partial charge is 0.343 e. The summed E-state index contributed by atoms with van der Waals surface area (Å²) in [6.07, 6.45) is 5.14. The van der Waals surface area contributed by atoms with Crippen LogP contribution in [-0.2, 0) is 16.1 Å². The molecule has 0 aliphatic rings. The maximum absolute atomic E-state index is 12.2. The molecule has 0 saturated heterocycles. The molecule has 0 spiro atoms. The topological polar surface area (TPSA) is 67.2 Å². The van der Waals surface area contributed by atoms with Crippen LogP contribution in [0.2, 0.25) is 0 Å². The Kier molecular flexibility index (Phi) is 7.57. The molecule has 0 aliphatic heterocycles. The normalized spacial score (nSPS) is 11.0. The highest BCUT2D eigenvalue weighted by molar-refractivity contribution is 7.13. The molecule has 2 aromatic heterocycles. The van der Waals surface area contributed by atoms with Crippen molar-refractivity contribution in [1.82, 2.24) is 20.0 Å². The molecule has 0 aliphatic carbocycles. The molecule has 3 aromatic rings. The fourth-order valence-electron chi connectivity index (χ4n) is 3.09. The number of benzene rings is 1. The molecular weight excluding hydrogens is 396 g/mol. The highest BCUT2D eigenvalue weighted by atomic mass is 32.1. The Morgan fingerprint density at radius 3 is 2.57 bits per heavy atom. The van der Waals surface area contributed by atoms with E-state index in [2.05, 4.69) is 17.4 Å². The third kappa shape index (κ3) is 5.67. The molecule has 7 heteroatoms. The van der Waals surface area contributed by atoms with Gasteiger partial charge in [0, 0.05) is 30.9 Å². The first-order valence-corrected chi connectivity index (χ1v) is 10.9. The maximum atomic E-state index is 12.2. The Morgan fingerprint density at radius 2 is 1.90 bits per heavy atom. The third-order valence-corrected chi connectivity index (χ3v) is 5.55. The first-order valence-electron chi connectivity index (χ1n) is 9.99. The van der Waals surface area contributed by atoms with Gasteiger partial charge in [0.2, 0.25) is 11.8 Å². The Labute approximate surface area is 180 Å². The van der Waals surface area contributed by atoms with Gasteiger partial charge < -0.3 is 10.2 Å². The van der Waals surface area contributed by atoms with Gasteiger partial charge in [0.1, 0.15) is 5.69 Å². The summed E-state index contributed by atoms with van der Waals surface area (Å²) in [6.45, 7) is 5.75. The van der Waals surface area contributed by atoms with Crippen LogP contribution in [0, 0.1) is 0 Å². The van der Waals surface area contributed by atoms with Crippen molar-refractivity contribution in [3.63, 3.8) is 0 Å². The molecule has 0 unspecified atom stereocenters. The summed E-state index contributed by atoms with van der Waals surface area (Å²) < 4.78 is 1.88. The number of hydrogen-bond acceptors (Lipinski definition) is 4. The van der Waals surface area contributed by atoms with Gasteiger partial charge in [0.05, 0.1) is 18.0 Å². The quantitative estimate of drug-likeness (QED) is 0.535. The van der Waals surface area contributed by atoms with E-state index in [9.17, 15) is 9.59 Å². The fraction of sp³-hybridized carbons (Fsp3) is 0.261. The first-order chi connectivity index (χ1) is 14.6. The van der Waals surface area contributed by atoms with Crippen LogP contribution in [0.25, 0.3) is 16.6 Å². The molecule has 1 N–H and O–H groups in total. The van der Waals surface area contributed by atoms with E-state index in [0.29, 0.717) is 19.6 Å². The van der Waals surface area contributed by atoms with Crippen LogP contribution >= 0.6 is 11.3 Å². The zero-order valence-electron chi connectivity index (χ0n) is 17.2. The number of hydrogen-bond donors (Lipinski definition) is 1. The van der Waals surface area contributed by atoms with Crippen LogP contribution < -0.4 is 5.32 Å². The first kappa shape index (κ1) is 21.5.